The van der Waals surface area contributed by atoms with E-state index in [2.05, 4.69) is 20.9 Å². The molecule has 4 aromatic rings. The standard InChI is InChI=1S/C25H26FN3O2.ClH/c26-20-5-7-23-22(16-20)19(17-27-23)3-1-2-10-28-11-13-29(14-12-28)21-6-8-24-18(15-21)4-9-25(30)31-24;/h4-9,15-17,27H,1-3,10-14H2;1H. The van der Waals surface area contributed by atoms with Gasteiger partial charge in [0.05, 0.1) is 0 Å². The summed E-state index contributed by atoms with van der Waals surface area (Å²) in [4.78, 5) is 19.5. The van der Waals surface area contributed by atoms with Gasteiger partial charge in [0, 0.05) is 60.4 Å². The number of aromatic nitrogens is 1. The molecular weight excluding hydrogens is 429 g/mol. The second-order valence-electron chi connectivity index (χ2n) is 8.27. The lowest BCUT2D eigenvalue weighted by molar-refractivity contribution is 0.253. The summed E-state index contributed by atoms with van der Waals surface area (Å²) < 4.78 is 18.8. The van der Waals surface area contributed by atoms with E-state index in [0.29, 0.717) is 5.58 Å². The highest BCUT2D eigenvalue weighted by atomic mass is 35.5. The monoisotopic (exact) mass is 455 g/mol. The quantitative estimate of drug-likeness (QED) is 0.329. The van der Waals surface area contributed by atoms with Gasteiger partial charge in [-0.3, -0.25) is 4.90 Å². The van der Waals surface area contributed by atoms with Crippen LogP contribution in [0, 0.1) is 5.82 Å². The predicted molar refractivity (Wildman–Crippen MR) is 130 cm³/mol. The third kappa shape index (κ3) is 4.81. The minimum absolute atomic E-state index is 0. The molecule has 1 N–H and O–H groups in total. The van der Waals surface area contributed by atoms with Crippen LogP contribution in [0.3, 0.4) is 0 Å². The molecule has 0 radical (unpaired) electrons. The maximum atomic E-state index is 13.5. The number of aryl methyl sites for hydroxylation is 1. The van der Waals surface area contributed by atoms with Crippen LogP contribution in [-0.2, 0) is 6.42 Å². The molecule has 0 unspecified atom stereocenters. The number of halogens is 2. The van der Waals surface area contributed by atoms with Crippen LogP contribution in [-0.4, -0.2) is 42.6 Å². The lowest BCUT2D eigenvalue weighted by Gasteiger charge is -2.36. The predicted octanol–water partition coefficient (Wildman–Crippen LogP) is 4.98. The number of piperazine rings is 1. The Hall–Kier alpha value is -2.83. The van der Waals surface area contributed by atoms with Crippen molar-refractivity contribution in [2.75, 3.05) is 37.6 Å². The van der Waals surface area contributed by atoms with Gasteiger partial charge in [0.15, 0.2) is 0 Å². The van der Waals surface area contributed by atoms with Crippen molar-refractivity contribution in [3.63, 3.8) is 0 Å². The Morgan fingerprint density at radius 1 is 0.969 bits per heavy atom. The number of unbranched alkanes of at least 4 members (excludes halogenated alkanes) is 1. The molecule has 168 valence electrons. The Morgan fingerprint density at radius 3 is 2.66 bits per heavy atom. The van der Waals surface area contributed by atoms with E-state index in [1.165, 1.54) is 23.4 Å². The summed E-state index contributed by atoms with van der Waals surface area (Å²) in [5.74, 6) is -0.179. The smallest absolute Gasteiger partial charge is 0.336 e. The lowest BCUT2D eigenvalue weighted by Crippen LogP contribution is -2.46. The summed E-state index contributed by atoms with van der Waals surface area (Å²) >= 11 is 0. The summed E-state index contributed by atoms with van der Waals surface area (Å²) in [6.07, 6.45) is 5.21. The first-order chi connectivity index (χ1) is 15.2. The molecule has 1 saturated heterocycles. The van der Waals surface area contributed by atoms with Crippen molar-refractivity contribution >= 4 is 40.0 Å². The highest BCUT2D eigenvalue weighted by molar-refractivity contribution is 5.85. The zero-order valence-corrected chi connectivity index (χ0v) is 18.7. The van der Waals surface area contributed by atoms with E-state index in [0.717, 1.165) is 68.3 Å². The second-order valence-corrected chi connectivity index (χ2v) is 8.27. The van der Waals surface area contributed by atoms with Gasteiger partial charge in [0.2, 0.25) is 0 Å². The molecule has 0 amide bonds. The van der Waals surface area contributed by atoms with Gasteiger partial charge in [0.1, 0.15) is 11.4 Å². The summed E-state index contributed by atoms with van der Waals surface area (Å²) in [5.41, 5.74) is 3.70. The molecule has 3 heterocycles. The SMILES string of the molecule is Cl.O=c1ccc2cc(N3CCN(CCCCc4c[nH]c5ccc(F)cc45)CC3)ccc2o1. The van der Waals surface area contributed by atoms with Gasteiger partial charge in [-0.1, -0.05) is 0 Å². The summed E-state index contributed by atoms with van der Waals surface area (Å²) in [5, 5.41) is 1.96. The van der Waals surface area contributed by atoms with Crippen molar-refractivity contribution in [3.8, 4) is 0 Å². The van der Waals surface area contributed by atoms with Crippen LogP contribution in [0.4, 0.5) is 10.1 Å². The van der Waals surface area contributed by atoms with E-state index >= 15 is 0 Å². The highest BCUT2D eigenvalue weighted by Gasteiger charge is 2.17. The largest absolute Gasteiger partial charge is 0.423 e. The molecule has 0 bridgehead atoms. The number of rotatable bonds is 6. The first-order valence-corrected chi connectivity index (χ1v) is 10.9. The summed E-state index contributed by atoms with van der Waals surface area (Å²) in [7, 11) is 0. The molecule has 5 rings (SSSR count). The third-order valence-corrected chi connectivity index (χ3v) is 6.24. The van der Waals surface area contributed by atoms with Gasteiger partial charge in [-0.2, -0.15) is 0 Å². The molecule has 0 saturated carbocycles. The van der Waals surface area contributed by atoms with E-state index < -0.39 is 0 Å². The van der Waals surface area contributed by atoms with Crippen molar-refractivity contribution in [2.45, 2.75) is 19.3 Å². The van der Waals surface area contributed by atoms with E-state index in [-0.39, 0.29) is 23.8 Å². The van der Waals surface area contributed by atoms with Crippen molar-refractivity contribution < 1.29 is 8.81 Å². The normalized spacial score (nSPS) is 14.7. The highest BCUT2D eigenvalue weighted by Crippen LogP contribution is 2.23. The molecule has 5 nitrogen and oxygen atoms in total. The van der Waals surface area contributed by atoms with Gasteiger partial charge in [0.25, 0.3) is 0 Å². The Morgan fingerprint density at radius 2 is 1.81 bits per heavy atom. The fourth-order valence-electron chi connectivity index (χ4n) is 4.49. The zero-order valence-electron chi connectivity index (χ0n) is 17.9. The number of nitrogens with one attached hydrogen (secondary N) is 1. The molecule has 2 aromatic carbocycles. The first-order valence-electron chi connectivity index (χ1n) is 10.9. The maximum absolute atomic E-state index is 13.5. The number of hydrogen-bond acceptors (Lipinski definition) is 4. The number of anilines is 1. The number of benzene rings is 2. The molecule has 0 aliphatic carbocycles. The van der Waals surface area contributed by atoms with E-state index in [9.17, 15) is 9.18 Å². The van der Waals surface area contributed by atoms with Crippen LogP contribution >= 0.6 is 12.4 Å². The van der Waals surface area contributed by atoms with Gasteiger partial charge >= 0.3 is 5.63 Å². The van der Waals surface area contributed by atoms with Crippen LogP contribution in [0.1, 0.15) is 18.4 Å². The topological polar surface area (TPSA) is 52.5 Å². The molecule has 0 spiro atoms. The van der Waals surface area contributed by atoms with Crippen molar-refractivity contribution in [2.24, 2.45) is 0 Å². The Kier molecular flexibility index (Phi) is 6.82. The van der Waals surface area contributed by atoms with Crippen molar-refractivity contribution in [1.82, 2.24) is 9.88 Å². The van der Waals surface area contributed by atoms with Crippen molar-refractivity contribution in [3.05, 3.63) is 76.5 Å². The number of H-pyrrole nitrogens is 1. The van der Waals surface area contributed by atoms with E-state index in [4.69, 9.17) is 4.42 Å². The average Bonchev–Trinajstić information content (AvgIpc) is 3.19. The lowest BCUT2D eigenvalue weighted by atomic mass is 10.1. The molecule has 1 aliphatic heterocycles. The zero-order chi connectivity index (χ0) is 21.2. The minimum atomic E-state index is -0.314. The molecule has 0 atom stereocenters. The summed E-state index contributed by atoms with van der Waals surface area (Å²) in [6, 6.07) is 14.2. The van der Waals surface area contributed by atoms with Crippen LogP contribution in [0.5, 0.6) is 0 Å². The van der Waals surface area contributed by atoms with Gasteiger partial charge in [-0.05, 0) is 73.8 Å². The number of hydrogen-bond donors (Lipinski definition) is 1. The molecule has 7 heteroatoms. The first kappa shape index (κ1) is 22.4. The van der Waals surface area contributed by atoms with Gasteiger partial charge in [-0.25, -0.2) is 9.18 Å². The van der Waals surface area contributed by atoms with E-state index in [1.54, 1.807) is 12.1 Å². The summed E-state index contributed by atoms with van der Waals surface area (Å²) in [6.45, 7) is 5.15. The maximum Gasteiger partial charge on any atom is 0.336 e. The molecule has 32 heavy (non-hydrogen) atoms. The number of nitrogens with zero attached hydrogens (tertiary/aromatic N) is 2. The molecular formula is C25H27ClFN3O2. The minimum Gasteiger partial charge on any atom is -0.423 e. The fourth-order valence-corrected chi connectivity index (χ4v) is 4.49. The number of aromatic amines is 1. The molecule has 1 aliphatic rings. The Balaban J connectivity index is 0.00000245. The van der Waals surface area contributed by atoms with Crippen molar-refractivity contribution in [1.29, 1.82) is 0 Å². The Labute approximate surface area is 192 Å². The van der Waals surface area contributed by atoms with E-state index in [1.807, 2.05) is 24.4 Å². The fraction of sp³-hybridized carbons (Fsp3) is 0.320. The second kappa shape index (κ2) is 9.76. The van der Waals surface area contributed by atoms with Crippen LogP contribution in [0.15, 0.2) is 63.9 Å². The van der Waals surface area contributed by atoms with Crippen LogP contribution < -0.4 is 10.5 Å². The third-order valence-electron chi connectivity index (χ3n) is 6.24. The van der Waals surface area contributed by atoms with Crippen LogP contribution in [0.25, 0.3) is 21.9 Å². The van der Waals surface area contributed by atoms with Gasteiger partial charge in [-0.15, -0.1) is 12.4 Å². The van der Waals surface area contributed by atoms with Gasteiger partial charge < -0.3 is 14.3 Å². The molecule has 2 aromatic heterocycles. The Bertz CT molecular complexity index is 1260. The van der Waals surface area contributed by atoms with Crippen LogP contribution in [0.2, 0.25) is 0 Å². The average molecular weight is 456 g/mol. The number of fused-ring (bicyclic) bond motifs is 2. The molecule has 1 fully saturated rings.